The molecule has 1 N–H and O–H groups in total. The van der Waals surface area contributed by atoms with Crippen LogP contribution in [0.3, 0.4) is 0 Å². The summed E-state index contributed by atoms with van der Waals surface area (Å²) in [6.07, 6.45) is 3.11. The number of rotatable bonds is 5. The molecule has 1 aromatic rings. The maximum absolute atomic E-state index is 11.5. The Hall–Kier alpha value is 0.250. The van der Waals surface area contributed by atoms with Gasteiger partial charge in [0.25, 0.3) is 5.91 Å². The van der Waals surface area contributed by atoms with E-state index in [1.807, 2.05) is 11.4 Å². The topological polar surface area (TPSA) is 29.1 Å². The summed E-state index contributed by atoms with van der Waals surface area (Å²) in [4.78, 5) is 11.5. The van der Waals surface area contributed by atoms with Crippen molar-refractivity contribution in [1.29, 1.82) is 0 Å². The Kier molecular flexibility index (Phi) is 5.88. The number of hydrogen-bond donors (Lipinski definition) is 1. The summed E-state index contributed by atoms with van der Waals surface area (Å²) >= 11 is 5.62. The van der Waals surface area contributed by atoms with Crippen LogP contribution in [-0.2, 0) is 0 Å². The Morgan fingerprint density at radius 2 is 2.50 bits per heavy atom. The van der Waals surface area contributed by atoms with Crippen LogP contribution < -0.4 is 5.32 Å². The van der Waals surface area contributed by atoms with Crippen molar-refractivity contribution >= 4 is 51.6 Å². The lowest BCUT2D eigenvalue weighted by atomic mass is 10.3. The van der Waals surface area contributed by atoms with Gasteiger partial charge in [0, 0.05) is 11.9 Å². The van der Waals surface area contributed by atoms with Gasteiger partial charge in [-0.1, -0.05) is 0 Å². The van der Waals surface area contributed by atoms with Crippen molar-refractivity contribution in [1.82, 2.24) is 5.32 Å². The van der Waals surface area contributed by atoms with Crippen LogP contribution in [0, 0.1) is 2.88 Å². The first kappa shape index (κ1) is 12.3. The normalized spacial score (nSPS) is 10.1. The molecular weight excluding hydrogens is 329 g/mol. The van der Waals surface area contributed by atoms with E-state index in [9.17, 15) is 4.79 Å². The first-order chi connectivity index (χ1) is 6.74. The molecule has 0 aliphatic heterocycles. The van der Waals surface area contributed by atoms with Crippen LogP contribution in [0.4, 0.5) is 0 Å². The smallest absolute Gasteiger partial charge is 0.252 e. The van der Waals surface area contributed by atoms with Gasteiger partial charge in [-0.25, -0.2) is 0 Å². The van der Waals surface area contributed by atoms with Crippen molar-refractivity contribution in [3.63, 3.8) is 0 Å². The molecule has 0 aliphatic rings. The highest BCUT2D eigenvalue weighted by atomic mass is 127. The number of thioether (sulfide) groups is 1. The zero-order valence-electron chi connectivity index (χ0n) is 7.88. The van der Waals surface area contributed by atoms with Gasteiger partial charge in [-0.2, -0.15) is 11.8 Å². The molecule has 2 nitrogen and oxygen atoms in total. The summed E-state index contributed by atoms with van der Waals surface area (Å²) < 4.78 is 1.15. The fraction of sp³-hybridized carbons (Fsp3) is 0.444. The van der Waals surface area contributed by atoms with Crippen LogP contribution in [0.25, 0.3) is 0 Å². The van der Waals surface area contributed by atoms with Crippen LogP contribution >= 0.6 is 45.7 Å². The van der Waals surface area contributed by atoms with E-state index in [-0.39, 0.29) is 5.91 Å². The number of carbonyl (C=O) groups excluding carboxylic acids is 1. The maximum Gasteiger partial charge on any atom is 0.252 e. The van der Waals surface area contributed by atoms with Crippen molar-refractivity contribution < 1.29 is 4.79 Å². The SMILES string of the molecule is CSCCCNC(=O)c1csc(I)c1. The van der Waals surface area contributed by atoms with Crippen LogP contribution in [0.1, 0.15) is 16.8 Å². The van der Waals surface area contributed by atoms with Gasteiger partial charge in [-0.05, 0) is 47.1 Å². The van der Waals surface area contributed by atoms with E-state index < -0.39 is 0 Å². The van der Waals surface area contributed by atoms with Gasteiger partial charge < -0.3 is 5.32 Å². The van der Waals surface area contributed by atoms with Crippen molar-refractivity contribution in [3.05, 3.63) is 19.9 Å². The third-order valence-corrected chi connectivity index (χ3v) is 4.13. The second-order valence-electron chi connectivity index (χ2n) is 2.74. The lowest BCUT2D eigenvalue weighted by Gasteiger charge is -2.01. The molecule has 0 atom stereocenters. The second kappa shape index (κ2) is 6.68. The van der Waals surface area contributed by atoms with Gasteiger partial charge in [0.05, 0.1) is 8.45 Å². The molecule has 0 spiro atoms. The van der Waals surface area contributed by atoms with Crippen molar-refractivity contribution in [2.45, 2.75) is 6.42 Å². The lowest BCUT2D eigenvalue weighted by Crippen LogP contribution is -2.24. The van der Waals surface area contributed by atoms with Crippen molar-refractivity contribution in [2.75, 3.05) is 18.6 Å². The largest absolute Gasteiger partial charge is 0.352 e. The highest BCUT2D eigenvalue weighted by molar-refractivity contribution is 14.1. The Balaban J connectivity index is 2.29. The number of amides is 1. The Bertz CT molecular complexity index is 301. The molecule has 0 aromatic carbocycles. The van der Waals surface area contributed by atoms with Crippen LogP contribution in [0.5, 0.6) is 0 Å². The average Bonchev–Trinajstić information content (AvgIpc) is 2.59. The summed E-state index contributed by atoms with van der Waals surface area (Å²) in [7, 11) is 0. The van der Waals surface area contributed by atoms with Gasteiger partial charge in [0.15, 0.2) is 0 Å². The Morgan fingerprint density at radius 3 is 3.07 bits per heavy atom. The third kappa shape index (κ3) is 4.18. The van der Waals surface area contributed by atoms with Gasteiger partial charge >= 0.3 is 0 Å². The summed E-state index contributed by atoms with van der Waals surface area (Å²) in [5.74, 6) is 1.15. The summed E-state index contributed by atoms with van der Waals surface area (Å²) in [5.41, 5.74) is 0.781. The summed E-state index contributed by atoms with van der Waals surface area (Å²) in [6, 6.07) is 1.91. The van der Waals surface area contributed by atoms with Gasteiger partial charge in [0.2, 0.25) is 0 Å². The minimum absolute atomic E-state index is 0.0465. The monoisotopic (exact) mass is 341 g/mol. The number of thiophene rings is 1. The average molecular weight is 341 g/mol. The first-order valence-corrected chi connectivity index (χ1v) is 7.60. The fourth-order valence-electron chi connectivity index (χ4n) is 0.950. The number of nitrogens with one attached hydrogen (secondary N) is 1. The van der Waals surface area contributed by atoms with Crippen LogP contribution in [0.15, 0.2) is 11.4 Å². The molecule has 0 saturated heterocycles. The molecule has 1 amide bonds. The minimum Gasteiger partial charge on any atom is -0.352 e. The number of hydrogen-bond acceptors (Lipinski definition) is 3. The predicted molar refractivity (Wildman–Crippen MR) is 72.4 cm³/mol. The van der Waals surface area contributed by atoms with E-state index in [1.165, 1.54) is 0 Å². The van der Waals surface area contributed by atoms with E-state index in [0.29, 0.717) is 0 Å². The standard InChI is InChI=1S/C9H12INOS2/c1-13-4-2-3-11-9(12)7-5-8(10)14-6-7/h5-6H,2-4H2,1H3,(H,11,12). The summed E-state index contributed by atoms with van der Waals surface area (Å²) in [6.45, 7) is 0.770. The molecule has 0 unspecified atom stereocenters. The van der Waals surface area contributed by atoms with E-state index in [2.05, 4.69) is 34.2 Å². The first-order valence-electron chi connectivity index (χ1n) is 4.25. The van der Waals surface area contributed by atoms with Crippen molar-refractivity contribution in [3.8, 4) is 0 Å². The van der Waals surface area contributed by atoms with Crippen molar-refractivity contribution in [2.24, 2.45) is 0 Å². The molecular formula is C9H12INOS2. The highest BCUT2D eigenvalue weighted by Gasteiger charge is 2.06. The molecule has 1 heterocycles. The van der Waals surface area contributed by atoms with Crippen LogP contribution in [-0.4, -0.2) is 24.5 Å². The lowest BCUT2D eigenvalue weighted by molar-refractivity contribution is 0.0954. The van der Waals surface area contributed by atoms with Gasteiger partial charge in [-0.3, -0.25) is 4.79 Å². The molecule has 0 bridgehead atoms. The second-order valence-corrected chi connectivity index (χ2v) is 6.53. The molecule has 78 valence electrons. The van der Waals surface area contributed by atoms with Crippen LogP contribution in [0.2, 0.25) is 0 Å². The van der Waals surface area contributed by atoms with E-state index in [4.69, 9.17) is 0 Å². The molecule has 0 radical (unpaired) electrons. The number of halogens is 1. The molecule has 1 rings (SSSR count). The zero-order valence-corrected chi connectivity index (χ0v) is 11.7. The summed E-state index contributed by atoms with van der Waals surface area (Å²) in [5, 5.41) is 4.79. The Morgan fingerprint density at radius 1 is 1.71 bits per heavy atom. The zero-order chi connectivity index (χ0) is 10.4. The van der Waals surface area contributed by atoms with Gasteiger partial charge in [-0.15, -0.1) is 11.3 Å². The molecule has 1 aromatic heterocycles. The fourth-order valence-corrected chi connectivity index (χ4v) is 2.71. The predicted octanol–water partition coefficient (Wildman–Crippen LogP) is 2.84. The molecule has 0 aliphatic carbocycles. The minimum atomic E-state index is 0.0465. The van der Waals surface area contributed by atoms with E-state index >= 15 is 0 Å². The quantitative estimate of drug-likeness (QED) is 0.659. The van der Waals surface area contributed by atoms with Gasteiger partial charge in [0.1, 0.15) is 0 Å². The molecule has 0 fully saturated rings. The molecule has 5 heteroatoms. The maximum atomic E-state index is 11.5. The van der Waals surface area contributed by atoms with E-state index in [1.54, 1.807) is 23.1 Å². The van der Waals surface area contributed by atoms with E-state index in [0.717, 1.165) is 27.2 Å². The Labute approximate surface area is 106 Å². The third-order valence-electron chi connectivity index (χ3n) is 1.64. The highest BCUT2D eigenvalue weighted by Crippen LogP contribution is 2.16. The molecule has 0 saturated carbocycles. The number of carbonyl (C=O) groups is 1. The molecule has 14 heavy (non-hydrogen) atoms.